The van der Waals surface area contributed by atoms with Crippen molar-refractivity contribution in [3.63, 3.8) is 0 Å². The highest BCUT2D eigenvalue weighted by atomic mass is 35.5. The molecule has 2 rings (SSSR count). The van der Waals surface area contributed by atoms with E-state index in [2.05, 4.69) is 0 Å². The molecule has 0 amide bonds. The first-order valence-electron chi connectivity index (χ1n) is 6.58. The molecule has 0 spiro atoms. The van der Waals surface area contributed by atoms with Gasteiger partial charge in [-0.2, -0.15) is 0 Å². The Bertz CT molecular complexity index is 599. The largest absolute Gasteiger partial charge is 0.497 e. The van der Waals surface area contributed by atoms with Gasteiger partial charge in [0.1, 0.15) is 23.9 Å². The number of ether oxygens (including phenoxy) is 2. The van der Waals surface area contributed by atoms with Crippen LogP contribution in [0, 0.1) is 5.82 Å². The van der Waals surface area contributed by atoms with E-state index in [-0.39, 0.29) is 12.4 Å². The van der Waals surface area contributed by atoms with Gasteiger partial charge in [-0.05, 0) is 48.9 Å². The van der Waals surface area contributed by atoms with Crippen LogP contribution >= 0.6 is 11.6 Å². The van der Waals surface area contributed by atoms with Gasteiger partial charge in [0.05, 0.1) is 12.1 Å². The van der Waals surface area contributed by atoms with Gasteiger partial charge in [0.15, 0.2) is 0 Å². The highest BCUT2D eigenvalue weighted by Crippen LogP contribution is 2.27. The maximum Gasteiger partial charge on any atom is 0.131 e. The molecule has 0 aromatic heterocycles. The molecule has 112 valence electrons. The lowest BCUT2D eigenvalue weighted by Gasteiger charge is -2.13. The van der Waals surface area contributed by atoms with E-state index in [0.717, 1.165) is 11.3 Å². The summed E-state index contributed by atoms with van der Waals surface area (Å²) in [6.07, 6.45) is 0.650. The van der Waals surface area contributed by atoms with Gasteiger partial charge in [-0.1, -0.05) is 17.7 Å². The quantitative estimate of drug-likeness (QED) is 0.887. The number of nitrogens with two attached hydrogens (primary N) is 1. The second kappa shape index (κ2) is 7.29. The fraction of sp³-hybridized carbons (Fsp3) is 0.250. The Labute approximate surface area is 128 Å². The van der Waals surface area contributed by atoms with E-state index in [9.17, 15) is 4.39 Å². The summed E-state index contributed by atoms with van der Waals surface area (Å²) >= 11 is 5.98. The van der Waals surface area contributed by atoms with Crippen molar-refractivity contribution in [2.24, 2.45) is 5.73 Å². The Morgan fingerprint density at radius 3 is 2.71 bits per heavy atom. The van der Waals surface area contributed by atoms with Crippen molar-refractivity contribution in [1.82, 2.24) is 0 Å². The molecule has 0 aliphatic heterocycles. The first-order chi connectivity index (χ1) is 10.2. The molecule has 0 radical (unpaired) electrons. The van der Waals surface area contributed by atoms with Gasteiger partial charge in [0.2, 0.25) is 0 Å². The minimum absolute atomic E-state index is 0.0649. The zero-order chi connectivity index (χ0) is 15.2. The van der Waals surface area contributed by atoms with Gasteiger partial charge in [-0.3, -0.25) is 0 Å². The van der Waals surface area contributed by atoms with Gasteiger partial charge in [-0.15, -0.1) is 0 Å². The molecule has 2 N–H and O–H groups in total. The normalized spacial score (nSPS) is 10.5. The monoisotopic (exact) mass is 309 g/mol. The van der Waals surface area contributed by atoms with Crippen LogP contribution in [0.25, 0.3) is 0 Å². The molecule has 0 atom stereocenters. The lowest BCUT2D eigenvalue weighted by Crippen LogP contribution is -2.06. The fourth-order valence-electron chi connectivity index (χ4n) is 1.99. The van der Waals surface area contributed by atoms with E-state index < -0.39 is 0 Å². The molecular weight excluding hydrogens is 293 g/mol. The Morgan fingerprint density at radius 2 is 2.05 bits per heavy atom. The molecule has 3 nitrogen and oxygen atoms in total. The number of rotatable bonds is 6. The van der Waals surface area contributed by atoms with Gasteiger partial charge in [0, 0.05) is 5.56 Å². The Hall–Kier alpha value is -1.78. The minimum Gasteiger partial charge on any atom is -0.497 e. The first kappa shape index (κ1) is 15.6. The molecule has 0 aliphatic rings. The topological polar surface area (TPSA) is 44.5 Å². The van der Waals surface area contributed by atoms with Crippen LogP contribution in [0.3, 0.4) is 0 Å². The lowest BCUT2D eigenvalue weighted by atomic mass is 10.1. The third-order valence-electron chi connectivity index (χ3n) is 3.12. The van der Waals surface area contributed by atoms with Crippen LogP contribution in [0.1, 0.15) is 11.1 Å². The smallest absolute Gasteiger partial charge is 0.131 e. The van der Waals surface area contributed by atoms with Crippen molar-refractivity contribution in [3.8, 4) is 11.5 Å². The predicted molar refractivity (Wildman–Crippen MR) is 81.5 cm³/mol. The fourth-order valence-corrected chi connectivity index (χ4v) is 2.21. The maximum atomic E-state index is 13.7. The highest BCUT2D eigenvalue weighted by Gasteiger charge is 2.10. The molecule has 2 aromatic rings. The van der Waals surface area contributed by atoms with Crippen LogP contribution in [-0.4, -0.2) is 13.7 Å². The Balaban J connectivity index is 2.19. The zero-order valence-electron chi connectivity index (χ0n) is 11.7. The predicted octanol–water partition coefficient (Wildman–Crippen LogP) is 3.57. The van der Waals surface area contributed by atoms with Crippen LogP contribution in [0.2, 0.25) is 5.02 Å². The summed E-state index contributed by atoms with van der Waals surface area (Å²) in [6, 6.07) is 10.0. The van der Waals surface area contributed by atoms with Gasteiger partial charge in [0.25, 0.3) is 0 Å². The van der Waals surface area contributed by atoms with Crippen molar-refractivity contribution >= 4 is 11.6 Å². The van der Waals surface area contributed by atoms with E-state index >= 15 is 0 Å². The minimum atomic E-state index is -0.378. The Kier molecular flexibility index (Phi) is 5.42. The van der Waals surface area contributed by atoms with Crippen LogP contribution in [0.15, 0.2) is 36.4 Å². The highest BCUT2D eigenvalue weighted by molar-refractivity contribution is 6.31. The van der Waals surface area contributed by atoms with Crippen molar-refractivity contribution in [3.05, 3.63) is 58.4 Å². The average molecular weight is 310 g/mol. The zero-order valence-corrected chi connectivity index (χ0v) is 12.5. The van der Waals surface area contributed by atoms with Crippen LogP contribution in [0.5, 0.6) is 11.5 Å². The molecular formula is C16H17ClFNO2. The molecule has 0 heterocycles. The number of halogens is 2. The molecule has 0 aliphatic carbocycles. The summed E-state index contributed by atoms with van der Waals surface area (Å²) in [7, 11) is 1.60. The van der Waals surface area contributed by atoms with Crippen molar-refractivity contribution < 1.29 is 13.9 Å². The first-order valence-corrected chi connectivity index (χ1v) is 6.96. The Morgan fingerprint density at radius 1 is 1.24 bits per heavy atom. The molecule has 5 heteroatoms. The third-order valence-corrected chi connectivity index (χ3v) is 3.47. The standard InChI is InChI=1S/C16H17ClFNO2/c1-20-12-5-6-16(11(9-12)7-8-19)21-10-13-14(17)3-2-4-15(13)18/h2-6,9H,7-8,10,19H2,1H3. The summed E-state index contributed by atoms with van der Waals surface area (Å²) in [4.78, 5) is 0. The summed E-state index contributed by atoms with van der Waals surface area (Å²) in [5.41, 5.74) is 6.86. The molecule has 0 unspecified atom stereocenters. The summed E-state index contributed by atoms with van der Waals surface area (Å²) in [6.45, 7) is 0.555. The average Bonchev–Trinajstić information content (AvgIpc) is 2.48. The number of hydrogen-bond acceptors (Lipinski definition) is 3. The second-order valence-corrected chi connectivity index (χ2v) is 4.91. The molecule has 0 bridgehead atoms. The van der Waals surface area contributed by atoms with E-state index in [1.807, 2.05) is 6.07 Å². The summed E-state index contributed by atoms with van der Waals surface area (Å²) in [5, 5.41) is 0.351. The SMILES string of the molecule is COc1ccc(OCc2c(F)cccc2Cl)c(CCN)c1. The van der Waals surface area contributed by atoms with Crippen LogP contribution in [-0.2, 0) is 13.0 Å². The van der Waals surface area contributed by atoms with Gasteiger partial charge < -0.3 is 15.2 Å². The number of benzene rings is 2. The molecule has 0 fully saturated rings. The van der Waals surface area contributed by atoms with E-state index in [1.54, 1.807) is 31.4 Å². The molecule has 0 saturated heterocycles. The summed E-state index contributed by atoms with van der Waals surface area (Å²) in [5.74, 6) is 1.01. The maximum absolute atomic E-state index is 13.7. The molecule has 0 saturated carbocycles. The van der Waals surface area contributed by atoms with Gasteiger partial charge in [-0.25, -0.2) is 4.39 Å². The van der Waals surface area contributed by atoms with Crippen LogP contribution in [0.4, 0.5) is 4.39 Å². The van der Waals surface area contributed by atoms with E-state index in [4.69, 9.17) is 26.8 Å². The second-order valence-electron chi connectivity index (χ2n) is 4.50. The number of methoxy groups -OCH3 is 1. The van der Waals surface area contributed by atoms with Crippen molar-refractivity contribution in [2.45, 2.75) is 13.0 Å². The summed E-state index contributed by atoms with van der Waals surface area (Å²) < 4.78 is 24.6. The number of hydrogen-bond donors (Lipinski definition) is 1. The van der Waals surface area contributed by atoms with E-state index in [1.165, 1.54) is 6.07 Å². The van der Waals surface area contributed by atoms with Crippen molar-refractivity contribution in [1.29, 1.82) is 0 Å². The molecule has 2 aromatic carbocycles. The lowest BCUT2D eigenvalue weighted by molar-refractivity contribution is 0.296. The van der Waals surface area contributed by atoms with Crippen LogP contribution < -0.4 is 15.2 Å². The van der Waals surface area contributed by atoms with Gasteiger partial charge >= 0.3 is 0 Å². The molecule has 21 heavy (non-hydrogen) atoms. The van der Waals surface area contributed by atoms with E-state index in [0.29, 0.717) is 29.3 Å². The third kappa shape index (κ3) is 3.86. The van der Waals surface area contributed by atoms with Crippen molar-refractivity contribution in [2.75, 3.05) is 13.7 Å².